The third-order valence-corrected chi connectivity index (χ3v) is 3.59. The topological polar surface area (TPSA) is 50.4 Å². The van der Waals surface area contributed by atoms with Gasteiger partial charge in [0.1, 0.15) is 5.75 Å². The van der Waals surface area contributed by atoms with E-state index in [1.54, 1.807) is 7.11 Å². The Bertz CT molecular complexity index is 428. The molecule has 0 aliphatic carbocycles. The fraction of sp³-hybridized carbons (Fsp3) is 0.533. The van der Waals surface area contributed by atoms with Crippen LogP contribution in [-0.2, 0) is 4.79 Å². The molecule has 0 spiro atoms. The summed E-state index contributed by atoms with van der Waals surface area (Å²) in [5.41, 5.74) is 1.01. The summed E-state index contributed by atoms with van der Waals surface area (Å²) in [6.07, 6.45) is 3.20. The van der Waals surface area contributed by atoms with Crippen molar-refractivity contribution < 1.29 is 9.53 Å². The Hall–Kier alpha value is -1.55. The van der Waals surface area contributed by atoms with Crippen LogP contribution in [0, 0.1) is 0 Å². The smallest absolute Gasteiger partial charge is 0.237 e. The van der Waals surface area contributed by atoms with Crippen molar-refractivity contribution in [2.24, 2.45) is 0 Å². The van der Waals surface area contributed by atoms with E-state index in [9.17, 15) is 4.79 Å². The highest BCUT2D eigenvalue weighted by molar-refractivity contribution is 5.82. The van der Waals surface area contributed by atoms with E-state index < -0.39 is 0 Å². The number of carbonyl (C=O) groups is 1. The van der Waals surface area contributed by atoms with Crippen molar-refractivity contribution in [3.8, 4) is 5.75 Å². The van der Waals surface area contributed by atoms with Gasteiger partial charge in [-0.3, -0.25) is 4.79 Å². The van der Waals surface area contributed by atoms with Crippen LogP contribution in [-0.4, -0.2) is 25.6 Å². The van der Waals surface area contributed by atoms with E-state index in [-0.39, 0.29) is 18.0 Å². The molecule has 0 radical (unpaired) electrons. The fourth-order valence-electron chi connectivity index (χ4n) is 2.49. The summed E-state index contributed by atoms with van der Waals surface area (Å²) in [4.78, 5) is 12.2. The van der Waals surface area contributed by atoms with Crippen LogP contribution >= 0.6 is 0 Å². The maximum atomic E-state index is 12.2. The first-order valence-electron chi connectivity index (χ1n) is 6.89. The molecule has 1 heterocycles. The number of nitrogens with one attached hydrogen (secondary N) is 2. The van der Waals surface area contributed by atoms with Gasteiger partial charge >= 0.3 is 0 Å². The largest absolute Gasteiger partial charge is 0.496 e. The molecular formula is C15H22N2O2. The average molecular weight is 262 g/mol. The summed E-state index contributed by atoms with van der Waals surface area (Å²) in [7, 11) is 1.65. The summed E-state index contributed by atoms with van der Waals surface area (Å²) in [5.74, 6) is 0.894. The summed E-state index contributed by atoms with van der Waals surface area (Å²) < 4.78 is 5.33. The minimum absolute atomic E-state index is 0.0487. The number of rotatable bonds is 4. The molecule has 4 heteroatoms. The van der Waals surface area contributed by atoms with Crippen LogP contribution in [0.4, 0.5) is 0 Å². The van der Waals surface area contributed by atoms with Crippen LogP contribution in [0.5, 0.6) is 5.75 Å². The molecule has 0 aromatic heterocycles. The number of ether oxygens (including phenoxy) is 1. The molecule has 104 valence electrons. The van der Waals surface area contributed by atoms with Gasteiger partial charge in [0.05, 0.1) is 19.2 Å². The first kappa shape index (κ1) is 13.9. The van der Waals surface area contributed by atoms with Crippen molar-refractivity contribution in [1.29, 1.82) is 0 Å². The van der Waals surface area contributed by atoms with Crippen LogP contribution < -0.4 is 15.4 Å². The number of para-hydroxylation sites is 1. The normalized spacial score (nSPS) is 20.6. The van der Waals surface area contributed by atoms with Gasteiger partial charge in [0.15, 0.2) is 0 Å². The fourth-order valence-corrected chi connectivity index (χ4v) is 2.49. The second kappa shape index (κ2) is 6.57. The van der Waals surface area contributed by atoms with Gasteiger partial charge in [0, 0.05) is 5.56 Å². The van der Waals surface area contributed by atoms with Crippen LogP contribution in [0.1, 0.15) is 37.8 Å². The van der Waals surface area contributed by atoms with Gasteiger partial charge in [0.25, 0.3) is 0 Å². The zero-order chi connectivity index (χ0) is 13.7. The van der Waals surface area contributed by atoms with Crippen molar-refractivity contribution in [2.75, 3.05) is 13.7 Å². The average Bonchev–Trinajstić information content (AvgIpc) is 2.48. The van der Waals surface area contributed by atoms with Crippen LogP contribution in [0.3, 0.4) is 0 Å². The molecule has 19 heavy (non-hydrogen) atoms. The molecule has 1 amide bonds. The summed E-state index contributed by atoms with van der Waals surface area (Å²) >= 11 is 0. The standard InChI is InChI=1S/C15H22N2O2/c1-11(12-7-3-4-9-14(12)19-2)17-15(18)13-8-5-6-10-16-13/h3-4,7,9,11,13,16H,5-6,8,10H2,1-2H3,(H,17,18)/t11-,13-/m0/s1. The molecule has 1 aromatic carbocycles. The Balaban J connectivity index is 1.99. The highest BCUT2D eigenvalue weighted by Gasteiger charge is 2.22. The maximum Gasteiger partial charge on any atom is 0.237 e. The molecule has 0 bridgehead atoms. The van der Waals surface area contributed by atoms with Gasteiger partial charge in [0.2, 0.25) is 5.91 Å². The van der Waals surface area contributed by atoms with Gasteiger partial charge in [-0.2, -0.15) is 0 Å². The maximum absolute atomic E-state index is 12.2. The molecule has 2 N–H and O–H groups in total. The quantitative estimate of drug-likeness (QED) is 0.872. The monoisotopic (exact) mass is 262 g/mol. The highest BCUT2D eigenvalue weighted by Crippen LogP contribution is 2.24. The lowest BCUT2D eigenvalue weighted by Gasteiger charge is -2.25. The van der Waals surface area contributed by atoms with Gasteiger partial charge in [-0.05, 0) is 32.4 Å². The number of piperidine rings is 1. The molecule has 1 saturated heterocycles. The van der Waals surface area contributed by atoms with Crippen LogP contribution in [0.25, 0.3) is 0 Å². The number of benzene rings is 1. The van der Waals surface area contributed by atoms with Crippen LogP contribution in [0.2, 0.25) is 0 Å². The molecule has 4 nitrogen and oxygen atoms in total. The van der Waals surface area contributed by atoms with E-state index in [1.807, 2.05) is 31.2 Å². The van der Waals surface area contributed by atoms with Gasteiger partial charge in [-0.1, -0.05) is 24.6 Å². The van der Waals surface area contributed by atoms with Gasteiger partial charge < -0.3 is 15.4 Å². The van der Waals surface area contributed by atoms with E-state index in [0.717, 1.165) is 37.1 Å². The van der Waals surface area contributed by atoms with E-state index in [2.05, 4.69) is 10.6 Å². The molecule has 2 atom stereocenters. The molecule has 0 unspecified atom stereocenters. The van der Waals surface area contributed by atoms with E-state index in [4.69, 9.17) is 4.74 Å². The zero-order valence-electron chi connectivity index (χ0n) is 11.6. The van der Waals surface area contributed by atoms with Crippen molar-refractivity contribution in [3.05, 3.63) is 29.8 Å². The number of methoxy groups -OCH3 is 1. The van der Waals surface area contributed by atoms with Crippen molar-refractivity contribution >= 4 is 5.91 Å². The lowest BCUT2D eigenvalue weighted by atomic mass is 10.0. The lowest BCUT2D eigenvalue weighted by Crippen LogP contribution is -2.47. The molecule has 1 fully saturated rings. The highest BCUT2D eigenvalue weighted by atomic mass is 16.5. The Morgan fingerprint density at radius 1 is 1.42 bits per heavy atom. The minimum atomic E-state index is -0.0501. The van der Waals surface area contributed by atoms with Crippen molar-refractivity contribution in [3.63, 3.8) is 0 Å². The zero-order valence-corrected chi connectivity index (χ0v) is 11.6. The summed E-state index contributed by atoms with van der Waals surface area (Å²) in [6, 6.07) is 7.69. The van der Waals surface area contributed by atoms with Crippen LogP contribution in [0.15, 0.2) is 24.3 Å². The summed E-state index contributed by atoms with van der Waals surface area (Å²) in [5, 5.41) is 6.32. The Kier molecular flexibility index (Phi) is 4.80. The summed E-state index contributed by atoms with van der Waals surface area (Å²) in [6.45, 7) is 2.92. The third-order valence-electron chi connectivity index (χ3n) is 3.59. The Morgan fingerprint density at radius 3 is 2.89 bits per heavy atom. The number of hydrogen-bond acceptors (Lipinski definition) is 3. The molecule has 1 aromatic rings. The predicted molar refractivity (Wildman–Crippen MR) is 75.2 cm³/mol. The molecular weight excluding hydrogens is 240 g/mol. The van der Waals surface area contributed by atoms with Crippen molar-refractivity contribution in [1.82, 2.24) is 10.6 Å². The van der Waals surface area contributed by atoms with Gasteiger partial charge in [-0.25, -0.2) is 0 Å². The first-order chi connectivity index (χ1) is 9.22. The number of hydrogen-bond donors (Lipinski definition) is 2. The second-order valence-electron chi connectivity index (χ2n) is 4.97. The van der Waals surface area contributed by atoms with E-state index in [0.29, 0.717) is 0 Å². The van der Waals surface area contributed by atoms with Crippen molar-refractivity contribution in [2.45, 2.75) is 38.3 Å². The molecule has 1 aliphatic rings. The minimum Gasteiger partial charge on any atom is -0.496 e. The third kappa shape index (κ3) is 3.47. The Morgan fingerprint density at radius 2 is 2.21 bits per heavy atom. The number of amides is 1. The lowest BCUT2D eigenvalue weighted by molar-refractivity contribution is -0.124. The first-order valence-corrected chi connectivity index (χ1v) is 6.89. The molecule has 2 rings (SSSR count). The Labute approximate surface area is 114 Å². The second-order valence-corrected chi connectivity index (χ2v) is 4.97. The predicted octanol–water partition coefficient (Wildman–Crippen LogP) is 2.01. The SMILES string of the molecule is COc1ccccc1[C@H](C)NC(=O)[C@@H]1CCCCN1. The van der Waals surface area contributed by atoms with E-state index >= 15 is 0 Å². The molecule has 1 aliphatic heterocycles. The van der Waals surface area contributed by atoms with E-state index in [1.165, 1.54) is 0 Å². The van der Waals surface area contributed by atoms with Gasteiger partial charge in [-0.15, -0.1) is 0 Å². The number of carbonyl (C=O) groups excluding carboxylic acids is 1. The molecule has 0 saturated carbocycles.